The Morgan fingerprint density at radius 3 is 2.74 bits per heavy atom. The number of hydrogen-bond donors (Lipinski definition) is 0. The lowest BCUT2D eigenvalue weighted by Crippen LogP contribution is -2.31. The van der Waals surface area contributed by atoms with Gasteiger partial charge >= 0.3 is 0 Å². The van der Waals surface area contributed by atoms with Crippen LogP contribution in [0.25, 0.3) is 0 Å². The average molecular weight is 314 g/mol. The molecule has 2 aromatic rings. The van der Waals surface area contributed by atoms with Gasteiger partial charge < -0.3 is 4.90 Å². The second-order valence-corrected chi connectivity index (χ2v) is 7.26. The van der Waals surface area contributed by atoms with E-state index in [4.69, 9.17) is 0 Å². The summed E-state index contributed by atoms with van der Waals surface area (Å²) in [5, 5.41) is 8.44. The normalized spacial score (nSPS) is 19.0. The summed E-state index contributed by atoms with van der Waals surface area (Å²) in [4.78, 5) is 2.17. The molecule has 0 N–H and O–H groups in total. The highest BCUT2D eigenvalue weighted by Gasteiger charge is 2.45. The number of nitrogens with zero attached hydrogens (tertiary/aromatic N) is 4. The molecule has 0 atom stereocenters. The average Bonchev–Trinajstić information content (AvgIpc) is 3.22. The van der Waals surface area contributed by atoms with E-state index in [2.05, 4.69) is 35.1 Å². The van der Waals surface area contributed by atoms with E-state index in [1.807, 2.05) is 16.9 Å². The summed E-state index contributed by atoms with van der Waals surface area (Å²) in [7, 11) is 0. The molecule has 1 spiro atoms. The molecule has 4 rings (SSSR count). The summed E-state index contributed by atoms with van der Waals surface area (Å²) < 4.78 is 16.4. The van der Waals surface area contributed by atoms with Gasteiger partial charge in [0.1, 0.15) is 11.5 Å². The maximum atomic E-state index is 14.5. The zero-order chi connectivity index (χ0) is 16.0. The third-order valence-electron chi connectivity index (χ3n) is 5.37. The molecule has 1 aromatic heterocycles. The molecule has 5 heteroatoms. The van der Waals surface area contributed by atoms with Crippen LogP contribution < -0.4 is 4.90 Å². The van der Waals surface area contributed by atoms with E-state index >= 15 is 0 Å². The zero-order valence-electron chi connectivity index (χ0n) is 13.8. The predicted octanol–water partition coefficient (Wildman–Crippen LogP) is 3.83. The van der Waals surface area contributed by atoms with Crippen LogP contribution in [-0.2, 0) is 12.0 Å². The monoisotopic (exact) mass is 314 g/mol. The van der Waals surface area contributed by atoms with Gasteiger partial charge in [-0.25, -0.2) is 9.07 Å². The lowest BCUT2D eigenvalue weighted by Gasteiger charge is -2.25. The minimum atomic E-state index is -0.109. The van der Waals surface area contributed by atoms with E-state index in [9.17, 15) is 4.39 Å². The van der Waals surface area contributed by atoms with Crippen molar-refractivity contribution in [3.8, 4) is 0 Å². The van der Waals surface area contributed by atoms with E-state index < -0.39 is 0 Å². The minimum Gasteiger partial charge on any atom is -0.362 e. The van der Waals surface area contributed by atoms with E-state index in [0.717, 1.165) is 17.9 Å². The number of rotatable bonds is 3. The smallest absolute Gasteiger partial charge is 0.146 e. The van der Waals surface area contributed by atoms with Crippen molar-refractivity contribution in [2.45, 2.75) is 57.5 Å². The van der Waals surface area contributed by atoms with Crippen molar-refractivity contribution in [1.82, 2.24) is 15.0 Å². The number of hydrogen-bond acceptors (Lipinski definition) is 3. The second kappa shape index (κ2) is 5.32. The van der Waals surface area contributed by atoms with Crippen molar-refractivity contribution >= 4 is 5.69 Å². The number of anilines is 1. The summed E-state index contributed by atoms with van der Waals surface area (Å²) in [5.41, 5.74) is 3.04. The SMILES string of the molecule is CC(C)n1cc(CN2CC3(CCCC3)c3cccc(F)c32)nn1. The van der Waals surface area contributed by atoms with Crippen molar-refractivity contribution < 1.29 is 4.39 Å². The van der Waals surface area contributed by atoms with Gasteiger partial charge in [-0.05, 0) is 38.3 Å². The molecular weight excluding hydrogens is 291 g/mol. The Balaban J connectivity index is 1.67. The lowest BCUT2D eigenvalue weighted by molar-refractivity contribution is 0.465. The molecule has 122 valence electrons. The topological polar surface area (TPSA) is 34.0 Å². The maximum Gasteiger partial charge on any atom is 0.146 e. The van der Waals surface area contributed by atoms with Crippen LogP contribution in [0.4, 0.5) is 10.1 Å². The van der Waals surface area contributed by atoms with Crippen molar-refractivity contribution in [3.63, 3.8) is 0 Å². The van der Waals surface area contributed by atoms with E-state index in [1.54, 1.807) is 6.07 Å². The highest BCUT2D eigenvalue weighted by molar-refractivity contribution is 5.64. The Bertz CT molecular complexity index is 716. The first-order valence-corrected chi connectivity index (χ1v) is 8.54. The number of benzene rings is 1. The van der Waals surface area contributed by atoms with E-state index in [0.29, 0.717) is 12.6 Å². The summed E-state index contributed by atoms with van der Waals surface area (Å²) in [6.45, 7) is 5.69. The maximum absolute atomic E-state index is 14.5. The second-order valence-electron chi connectivity index (χ2n) is 7.26. The van der Waals surface area contributed by atoms with Gasteiger partial charge in [-0.1, -0.05) is 30.2 Å². The molecule has 1 aliphatic heterocycles. The molecule has 0 saturated heterocycles. The molecule has 4 nitrogen and oxygen atoms in total. The predicted molar refractivity (Wildman–Crippen MR) is 88.0 cm³/mol. The molecule has 2 aliphatic rings. The van der Waals surface area contributed by atoms with Crippen LogP contribution in [0, 0.1) is 5.82 Å². The van der Waals surface area contributed by atoms with Crippen LogP contribution in [0.3, 0.4) is 0 Å². The molecule has 1 saturated carbocycles. The molecule has 2 heterocycles. The largest absolute Gasteiger partial charge is 0.362 e. The molecule has 0 amide bonds. The van der Waals surface area contributed by atoms with Crippen LogP contribution in [0.1, 0.15) is 56.8 Å². The van der Waals surface area contributed by atoms with Crippen molar-refractivity contribution in [1.29, 1.82) is 0 Å². The first-order chi connectivity index (χ1) is 11.1. The van der Waals surface area contributed by atoms with Gasteiger partial charge in [0.2, 0.25) is 0 Å². The fraction of sp³-hybridized carbons (Fsp3) is 0.556. The van der Waals surface area contributed by atoms with Gasteiger partial charge in [-0.3, -0.25) is 0 Å². The fourth-order valence-corrected chi connectivity index (χ4v) is 4.24. The summed E-state index contributed by atoms with van der Waals surface area (Å²) >= 11 is 0. The molecule has 0 bridgehead atoms. The quantitative estimate of drug-likeness (QED) is 0.863. The Morgan fingerprint density at radius 1 is 1.26 bits per heavy atom. The summed E-state index contributed by atoms with van der Waals surface area (Å²) in [6.07, 6.45) is 6.79. The Hall–Kier alpha value is -1.91. The van der Waals surface area contributed by atoms with Gasteiger partial charge in [0.05, 0.1) is 18.4 Å². The van der Waals surface area contributed by atoms with Crippen molar-refractivity contribution in [3.05, 3.63) is 41.5 Å². The van der Waals surface area contributed by atoms with Crippen LogP contribution in [0.15, 0.2) is 24.4 Å². The molecule has 1 aliphatic carbocycles. The third kappa shape index (κ3) is 2.33. The minimum absolute atomic E-state index is 0.109. The zero-order valence-corrected chi connectivity index (χ0v) is 13.8. The molecule has 1 aromatic carbocycles. The Labute approximate surface area is 136 Å². The van der Waals surface area contributed by atoms with Crippen LogP contribution in [0.5, 0.6) is 0 Å². The van der Waals surface area contributed by atoms with E-state index in [-0.39, 0.29) is 11.2 Å². The number of aromatic nitrogens is 3. The van der Waals surface area contributed by atoms with Gasteiger partial charge in [0.15, 0.2) is 0 Å². The van der Waals surface area contributed by atoms with Crippen LogP contribution in [0.2, 0.25) is 0 Å². The number of para-hydroxylation sites is 1. The summed E-state index contributed by atoms with van der Waals surface area (Å²) in [6, 6.07) is 5.84. The van der Waals surface area contributed by atoms with Gasteiger partial charge in [-0.15, -0.1) is 5.10 Å². The van der Waals surface area contributed by atoms with Gasteiger partial charge in [0.25, 0.3) is 0 Å². The van der Waals surface area contributed by atoms with Gasteiger partial charge in [0, 0.05) is 18.0 Å². The first kappa shape index (κ1) is 14.7. The van der Waals surface area contributed by atoms with E-state index in [1.165, 1.54) is 31.2 Å². The Morgan fingerprint density at radius 2 is 2.04 bits per heavy atom. The Kier molecular flexibility index (Phi) is 3.39. The first-order valence-electron chi connectivity index (χ1n) is 8.54. The highest BCUT2D eigenvalue weighted by Crippen LogP contribution is 2.51. The molecule has 0 unspecified atom stereocenters. The van der Waals surface area contributed by atoms with Crippen molar-refractivity contribution in [2.24, 2.45) is 0 Å². The number of fused-ring (bicyclic) bond motifs is 2. The molecule has 1 fully saturated rings. The standard InChI is InChI=1S/C18H23FN4/c1-13(2)23-11-14(20-21-23)10-22-12-18(8-3-4-9-18)15-6-5-7-16(19)17(15)22/h5-7,11,13H,3-4,8-10,12H2,1-2H3. The summed E-state index contributed by atoms with van der Waals surface area (Å²) in [5.74, 6) is -0.109. The molecule has 23 heavy (non-hydrogen) atoms. The van der Waals surface area contributed by atoms with Crippen LogP contribution in [-0.4, -0.2) is 21.5 Å². The van der Waals surface area contributed by atoms with Crippen LogP contribution >= 0.6 is 0 Å². The fourth-order valence-electron chi connectivity index (χ4n) is 4.24. The van der Waals surface area contributed by atoms with Gasteiger partial charge in [-0.2, -0.15) is 0 Å². The number of halogens is 1. The van der Waals surface area contributed by atoms with Crippen molar-refractivity contribution in [2.75, 3.05) is 11.4 Å². The lowest BCUT2D eigenvalue weighted by atomic mass is 9.81. The highest BCUT2D eigenvalue weighted by atomic mass is 19.1. The third-order valence-corrected chi connectivity index (χ3v) is 5.37. The molecule has 0 radical (unpaired) electrons. The molecular formula is C18H23FN4.